The number of nitro groups is 1. The Kier molecular flexibility index (Phi) is 6.84. The third kappa shape index (κ3) is 5.07. The molecule has 0 heterocycles. The highest BCUT2D eigenvalue weighted by Gasteiger charge is 2.12. The van der Waals surface area contributed by atoms with Crippen molar-refractivity contribution in [3.05, 3.63) is 28.3 Å². The summed E-state index contributed by atoms with van der Waals surface area (Å²) in [6.45, 7) is 7.15. The minimum atomic E-state index is -0.344. The van der Waals surface area contributed by atoms with E-state index in [1.165, 1.54) is 0 Å². The van der Waals surface area contributed by atoms with Gasteiger partial charge in [-0.15, -0.1) is 0 Å². The first-order valence-corrected chi connectivity index (χ1v) is 7.40. The summed E-state index contributed by atoms with van der Waals surface area (Å²) in [5, 5.41) is 17.6. The van der Waals surface area contributed by atoms with Crippen molar-refractivity contribution in [2.45, 2.75) is 52.5 Å². The molecule has 0 fully saturated rings. The predicted molar refractivity (Wildman–Crippen MR) is 84.5 cm³/mol. The molecular formula is C15H25N3O2. The van der Waals surface area contributed by atoms with E-state index in [4.69, 9.17) is 0 Å². The first-order chi connectivity index (χ1) is 9.60. The standard InChI is InChI=1S/C15H25N3O2/c1-4-7-12(6-3)17-14-9-13(16-8-5-2)10-15(11-14)18(19)20/h9-12,16-17H,4-8H2,1-3H3. The van der Waals surface area contributed by atoms with E-state index >= 15 is 0 Å². The number of anilines is 2. The van der Waals surface area contributed by atoms with Gasteiger partial charge in [0.2, 0.25) is 0 Å². The molecule has 5 nitrogen and oxygen atoms in total. The molecule has 0 aliphatic rings. The Hall–Kier alpha value is -1.78. The average molecular weight is 279 g/mol. The van der Waals surface area contributed by atoms with Crippen LogP contribution in [-0.2, 0) is 0 Å². The fourth-order valence-corrected chi connectivity index (χ4v) is 2.13. The number of hydrogen-bond acceptors (Lipinski definition) is 4. The molecule has 1 aromatic carbocycles. The van der Waals surface area contributed by atoms with Crippen molar-refractivity contribution >= 4 is 17.1 Å². The Morgan fingerprint density at radius 1 is 1.15 bits per heavy atom. The molecule has 0 amide bonds. The number of nitrogens with one attached hydrogen (secondary N) is 2. The zero-order chi connectivity index (χ0) is 15.0. The van der Waals surface area contributed by atoms with Crippen LogP contribution < -0.4 is 10.6 Å². The van der Waals surface area contributed by atoms with E-state index < -0.39 is 0 Å². The summed E-state index contributed by atoms with van der Waals surface area (Å²) < 4.78 is 0. The van der Waals surface area contributed by atoms with Gasteiger partial charge in [-0.2, -0.15) is 0 Å². The summed E-state index contributed by atoms with van der Waals surface area (Å²) in [5.41, 5.74) is 1.74. The first kappa shape index (κ1) is 16.3. The number of non-ortho nitro benzene ring substituents is 1. The molecule has 20 heavy (non-hydrogen) atoms. The van der Waals surface area contributed by atoms with Crippen LogP contribution in [0.2, 0.25) is 0 Å². The predicted octanol–water partition coefficient (Wildman–Crippen LogP) is 4.41. The van der Waals surface area contributed by atoms with Gasteiger partial charge >= 0.3 is 0 Å². The van der Waals surface area contributed by atoms with Gasteiger partial charge in [0.15, 0.2) is 0 Å². The Labute approximate surface area is 120 Å². The SMILES string of the molecule is CCCNc1cc(NC(CC)CCC)cc([N+](=O)[O-])c1. The van der Waals surface area contributed by atoms with Crippen LogP contribution >= 0.6 is 0 Å². The molecule has 1 atom stereocenters. The fourth-order valence-electron chi connectivity index (χ4n) is 2.13. The van der Waals surface area contributed by atoms with E-state index in [1.54, 1.807) is 12.1 Å². The molecular weight excluding hydrogens is 254 g/mol. The molecule has 0 aliphatic carbocycles. The number of hydrogen-bond donors (Lipinski definition) is 2. The van der Waals surface area contributed by atoms with Crippen molar-refractivity contribution in [1.29, 1.82) is 0 Å². The molecule has 0 spiro atoms. The summed E-state index contributed by atoms with van der Waals surface area (Å²) in [7, 11) is 0. The summed E-state index contributed by atoms with van der Waals surface area (Å²) in [5.74, 6) is 0. The monoisotopic (exact) mass is 279 g/mol. The van der Waals surface area contributed by atoms with Crippen LogP contribution in [0.5, 0.6) is 0 Å². The van der Waals surface area contributed by atoms with Crippen LogP contribution in [0.25, 0.3) is 0 Å². The van der Waals surface area contributed by atoms with Gasteiger partial charge in [0.1, 0.15) is 0 Å². The van der Waals surface area contributed by atoms with Gasteiger partial charge in [-0.05, 0) is 25.3 Å². The number of nitrogens with zero attached hydrogens (tertiary/aromatic N) is 1. The van der Waals surface area contributed by atoms with Crippen LogP contribution in [0.1, 0.15) is 46.5 Å². The van der Waals surface area contributed by atoms with Gasteiger partial charge in [-0.3, -0.25) is 10.1 Å². The van der Waals surface area contributed by atoms with Crippen molar-refractivity contribution in [2.24, 2.45) is 0 Å². The zero-order valence-corrected chi connectivity index (χ0v) is 12.6. The molecule has 0 aromatic heterocycles. The zero-order valence-electron chi connectivity index (χ0n) is 12.6. The average Bonchev–Trinajstić information content (AvgIpc) is 2.44. The third-order valence-electron chi connectivity index (χ3n) is 3.21. The van der Waals surface area contributed by atoms with Crippen molar-refractivity contribution in [3.63, 3.8) is 0 Å². The molecule has 1 rings (SSSR count). The second-order valence-corrected chi connectivity index (χ2v) is 4.99. The Bertz CT molecular complexity index is 435. The largest absolute Gasteiger partial charge is 0.385 e. The summed E-state index contributed by atoms with van der Waals surface area (Å²) in [4.78, 5) is 10.7. The maximum atomic E-state index is 11.0. The lowest BCUT2D eigenvalue weighted by atomic mass is 10.1. The molecule has 0 saturated carbocycles. The van der Waals surface area contributed by atoms with Gasteiger partial charge in [0.25, 0.3) is 5.69 Å². The van der Waals surface area contributed by atoms with E-state index in [0.29, 0.717) is 6.04 Å². The highest BCUT2D eigenvalue weighted by atomic mass is 16.6. The first-order valence-electron chi connectivity index (χ1n) is 7.40. The Morgan fingerprint density at radius 3 is 2.40 bits per heavy atom. The lowest BCUT2D eigenvalue weighted by Gasteiger charge is -2.18. The second-order valence-electron chi connectivity index (χ2n) is 4.99. The van der Waals surface area contributed by atoms with Crippen LogP contribution in [0.15, 0.2) is 18.2 Å². The van der Waals surface area contributed by atoms with Gasteiger partial charge < -0.3 is 10.6 Å². The molecule has 112 valence electrons. The van der Waals surface area contributed by atoms with E-state index in [1.807, 2.05) is 6.07 Å². The molecule has 0 saturated heterocycles. The highest BCUT2D eigenvalue weighted by Crippen LogP contribution is 2.25. The maximum absolute atomic E-state index is 11.0. The second kappa shape index (κ2) is 8.40. The summed E-state index contributed by atoms with van der Waals surface area (Å²) in [6, 6.07) is 5.50. The van der Waals surface area contributed by atoms with E-state index in [9.17, 15) is 10.1 Å². The highest BCUT2D eigenvalue weighted by molar-refractivity contribution is 5.63. The number of rotatable bonds is 9. The maximum Gasteiger partial charge on any atom is 0.273 e. The number of benzene rings is 1. The van der Waals surface area contributed by atoms with Crippen LogP contribution in [0.4, 0.5) is 17.1 Å². The summed E-state index contributed by atoms with van der Waals surface area (Å²) >= 11 is 0. The lowest BCUT2D eigenvalue weighted by Crippen LogP contribution is -2.18. The van der Waals surface area contributed by atoms with Crippen molar-refractivity contribution in [3.8, 4) is 0 Å². The van der Waals surface area contributed by atoms with Gasteiger partial charge in [0.05, 0.1) is 4.92 Å². The normalized spacial score (nSPS) is 11.9. The Balaban J connectivity index is 2.92. The fraction of sp³-hybridized carbons (Fsp3) is 0.600. The summed E-state index contributed by atoms with van der Waals surface area (Å²) in [6.07, 6.45) is 4.16. The van der Waals surface area contributed by atoms with Crippen LogP contribution in [0, 0.1) is 10.1 Å². The minimum Gasteiger partial charge on any atom is -0.385 e. The quantitative estimate of drug-likeness (QED) is 0.519. The molecule has 0 radical (unpaired) electrons. The smallest absolute Gasteiger partial charge is 0.273 e. The van der Waals surface area contributed by atoms with E-state index in [0.717, 1.165) is 43.6 Å². The van der Waals surface area contributed by atoms with Gasteiger partial charge in [0, 0.05) is 36.1 Å². The Morgan fingerprint density at radius 2 is 1.85 bits per heavy atom. The van der Waals surface area contributed by atoms with E-state index in [-0.39, 0.29) is 10.6 Å². The van der Waals surface area contributed by atoms with Crippen molar-refractivity contribution in [1.82, 2.24) is 0 Å². The van der Waals surface area contributed by atoms with E-state index in [2.05, 4.69) is 31.4 Å². The third-order valence-corrected chi connectivity index (χ3v) is 3.21. The molecule has 1 unspecified atom stereocenters. The molecule has 2 N–H and O–H groups in total. The minimum absolute atomic E-state index is 0.125. The van der Waals surface area contributed by atoms with Crippen LogP contribution in [-0.4, -0.2) is 17.5 Å². The molecule has 0 aliphatic heterocycles. The molecule has 5 heteroatoms. The molecule has 1 aromatic rings. The van der Waals surface area contributed by atoms with Gasteiger partial charge in [-0.25, -0.2) is 0 Å². The van der Waals surface area contributed by atoms with Crippen molar-refractivity contribution in [2.75, 3.05) is 17.2 Å². The topological polar surface area (TPSA) is 67.2 Å². The van der Waals surface area contributed by atoms with Crippen molar-refractivity contribution < 1.29 is 4.92 Å². The molecule has 0 bridgehead atoms. The van der Waals surface area contributed by atoms with Crippen LogP contribution in [0.3, 0.4) is 0 Å². The lowest BCUT2D eigenvalue weighted by molar-refractivity contribution is -0.384. The van der Waals surface area contributed by atoms with Gasteiger partial charge in [-0.1, -0.05) is 27.2 Å². The number of nitro benzene ring substituents is 1.